The smallest absolute Gasteiger partial charge is 0.404 e. The summed E-state index contributed by atoms with van der Waals surface area (Å²) in [6, 6.07) is 1.57. The highest BCUT2D eigenvalue weighted by molar-refractivity contribution is 7.10. The van der Waals surface area contributed by atoms with E-state index in [4.69, 9.17) is 11.5 Å². The molecule has 1 aromatic rings. The van der Waals surface area contributed by atoms with Crippen LogP contribution >= 0.6 is 11.3 Å². The van der Waals surface area contributed by atoms with E-state index in [1.807, 2.05) is 0 Å². The predicted octanol–water partition coefficient (Wildman–Crippen LogP) is 0.442. The van der Waals surface area contributed by atoms with E-state index in [1.54, 1.807) is 11.4 Å². The summed E-state index contributed by atoms with van der Waals surface area (Å²) in [7, 11) is 0. The van der Waals surface area contributed by atoms with Crippen molar-refractivity contribution < 1.29 is 14.3 Å². The molecular weight excluding hydrogens is 192 g/mol. The minimum absolute atomic E-state index is 0.0767. The minimum atomic E-state index is -0.839. The van der Waals surface area contributed by atoms with E-state index in [2.05, 4.69) is 4.74 Å². The van der Waals surface area contributed by atoms with Crippen molar-refractivity contribution in [2.75, 3.05) is 0 Å². The van der Waals surface area contributed by atoms with Gasteiger partial charge in [-0.3, -0.25) is 4.79 Å². The average molecular weight is 200 g/mol. The Bertz CT molecular complexity index is 334. The van der Waals surface area contributed by atoms with Crippen molar-refractivity contribution in [2.24, 2.45) is 11.5 Å². The van der Waals surface area contributed by atoms with Gasteiger partial charge in [-0.05, 0) is 6.07 Å². The molecule has 0 unspecified atom stereocenters. The van der Waals surface area contributed by atoms with Crippen LogP contribution in [0.3, 0.4) is 0 Å². The quantitative estimate of drug-likeness (QED) is 0.741. The standard InChI is InChI=1S/C7H8N2O3S/c8-6(10)4-1-5(13-3-4)2-12-7(9)11/h1,3H,2H2,(H2,8,10)(H2,9,11). The topological polar surface area (TPSA) is 95.4 Å². The third-order valence-corrected chi connectivity index (χ3v) is 2.21. The lowest BCUT2D eigenvalue weighted by Crippen LogP contribution is -2.12. The van der Waals surface area contributed by atoms with Gasteiger partial charge in [0.05, 0.1) is 5.56 Å². The van der Waals surface area contributed by atoms with Crippen molar-refractivity contribution in [1.82, 2.24) is 0 Å². The molecule has 0 bridgehead atoms. The number of ether oxygens (including phenoxy) is 1. The Labute approximate surface area is 78.3 Å². The fourth-order valence-electron chi connectivity index (χ4n) is 0.728. The van der Waals surface area contributed by atoms with E-state index in [0.717, 1.165) is 4.88 Å². The lowest BCUT2D eigenvalue weighted by molar-refractivity contribution is 0.100. The van der Waals surface area contributed by atoms with Crippen LogP contribution in [-0.2, 0) is 11.3 Å². The number of primary amides is 2. The van der Waals surface area contributed by atoms with E-state index in [1.165, 1.54) is 11.3 Å². The first kappa shape index (κ1) is 9.53. The van der Waals surface area contributed by atoms with Gasteiger partial charge in [0, 0.05) is 10.3 Å². The highest BCUT2D eigenvalue weighted by Gasteiger charge is 2.05. The van der Waals surface area contributed by atoms with Gasteiger partial charge in [0.15, 0.2) is 0 Å². The first-order chi connectivity index (χ1) is 6.09. The Hall–Kier alpha value is -1.56. The second-order valence-corrected chi connectivity index (χ2v) is 3.27. The maximum Gasteiger partial charge on any atom is 0.404 e. The van der Waals surface area contributed by atoms with Gasteiger partial charge in [0.2, 0.25) is 5.91 Å². The van der Waals surface area contributed by atoms with Crippen molar-refractivity contribution >= 4 is 23.3 Å². The molecule has 0 saturated carbocycles. The minimum Gasteiger partial charge on any atom is -0.444 e. The Morgan fingerprint density at radius 1 is 1.46 bits per heavy atom. The number of carbonyl (C=O) groups excluding carboxylic acids is 2. The number of nitrogens with two attached hydrogens (primary N) is 2. The summed E-state index contributed by atoms with van der Waals surface area (Å²) in [6.45, 7) is 0.0767. The summed E-state index contributed by atoms with van der Waals surface area (Å²) >= 11 is 1.29. The van der Waals surface area contributed by atoms with Gasteiger partial charge in [0.1, 0.15) is 6.61 Å². The van der Waals surface area contributed by atoms with Crippen LogP contribution in [0.25, 0.3) is 0 Å². The van der Waals surface area contributed by atoms with Gasteiger partial charge in [-0.25, -0.2) is 4.79 Å². The molecule has 0 aliphatic carbocycles. The number of amides is 2. The normalized spacial score (nSPS) is 9.54. The molecule has 13 heavy (non-hydrogen) atoms. The van der Waals surface area contributed by atoms with Crippen LogP contribution in [0.15, 0.2) is 11.4 Å². The molecule has 0 atom stereocenters. The van der Waals surface area contributed by atoms with E-state index < -0.39 is 12.0 Å². The molecule has 6 heteroatoms. The van der Waals surface area contributed by atoms with Gasteiger partial charge >= 0.3 is 6.09 Å². The number of hydrogen-bond donors (Lipinski definition) is 2. The summed E-state index contributed by atoms with van der Waals surface area (Å²) in [5.41, 5.74) is 10.2. The molecule has 0 spiro atoms. The number of carbonyl (C=O) groups is 2. The molecule has 0 fully saturated rings. The number of rotatable bonds is 3. The summed E-state index contributed by atoms with van der Waals surface area (Å²) < 4.78 is 4.52. The zero-order chi connectivity index (χ0) is 9.84. The summed E-state index contributed by atoms with van der Waals surface area (Å²) in [4.78, 5) is 21.6. The second kappa shape index (κ2) is 3.90. The summed E-state index contributed by atoms with van der Waals surface area (Å²) in [6.07, 6.45) is -0.839. The Balaban J connectivity index is 2.59. The van der Waals surface area contributed by atoms with Crippen LogP contribution in [0.4, 0.5) is 4.79 Å². The fourth-order valence-corrected chi connectivity index (χ4v) is 1.51. The molecule has 0 aliphatic heterocycles. The van der Waals surface area contributed by atoms with Crippen LogP contribution in [0.5, 0.6) is 0 Å². The molecule has 0 saturated heterocycles. The molecule has 4 N–H and O–H groups in total. The van der Waals surface area contributed by atoms with Crippen LogP contribution in [0, 0.1) is 0 Å². The predicted molar refractivity (Wildman–Crippen MR) is 47.2 cm³/mol. The summed E-state index contributed by atoms with van der Waals surface area (Å²) in [5.74, 6) is -0.499. The summed E-state index contributed by atoms with van der Waals surface area (Å²) in [5, 5.41) is 1.60. The van der Waals surface area contributed by atoms with E-state index in [9.17, 15) is 9.59 Å². The van der Waals surface area contributed by atoms with Crippen LogP contribution in [-0.4, -0.2) is 12.0 Å². The third kappa shape index (κ3) is 2.75. The van der Waals surface area contributed by atoms with Crippen molar-refractivity contribution in [3.05, 3.63) is 21.9 Å². The fraction of sp³-hybridized carbons (Fsp3) is 0.143. The molecule has 5 nitrogen and oxygen atoms in total. The molecule has 70 valence electrons. The Kier molecular flexibility index (Phi) is 2.86. The van der Waals surface area contributed by atoms with E-state index in [-0.39, 0.29) is 6.61 Å². The van der Waals surface area contributed by atoms with Gasteiger partial charge in [-0.1, -0.05) is 0 Å². The van der Waals surface area contributed by atoms with Crippen LogP contribution in [0.2, 0.25) is 0 Å². The maximum atomic E-state index is 10.6. The lowest BCUT2D eigenvalue weighted by atomic mass is 10.3. The third-order valence-electron chi connectivity index (χ3n) is 1.29. The van der Waals surface area contributed by atoms with Gasteiger partial charge in [0.25, 0.3) is 0 Å². The molecule has 0 aromatic carbocycles. The maximum absolute atomic E-state index is 10.6. The van der Waals surface area contributed by atoms with Crippen LogP contribution in [0.1, 0.15) is 15.2 Å². The Morgan fingerprint density at radius 2 is 2.15 bits per heavy atom. The zero-order valence-corrected chi connectivity index (χ0v) is 7.47. The van der Waals surface area contributed by atoms with Crippen molar-refractivity contribution in [2.45, 2.75) is 6.61 Å². The largest absolute Gasteiger partial charge is 0.444 e. The Morgan fingerprint density at radius 3 is 2.62 bits per heavy atom. The molecular formula is C7H8N2O3S. The lowest BCUT2D eigenvalue weighted by Gasteiger charge is -1.96. The number of hydrogen-bond acceptors (Lipinski definition) is 4. The first-order valence-corrected chi connectivity index (χ1v) is 4.27. The molecule has 1 heterocycles. The van der Waals surface area contributed by atoms with Gasteiger partial charge in [-0.2, -0.15) is 0 Å². The molecule has 0 radical (unpaired) electrons. The van der Waals surface area contributed by atoms with E-state index in [0.29, 0.717) is 5.56 Å². The van der Waals surface area contributed by atoms with E-state index >= 15 is 0 Å². The highest BCUT2D eigenvalue weighted by atomic mass is 32.1. The molecule has 2 amide bonds. The second-order valence-electron chi connectivity index (χ2n) is 2.27. The van der Waals surface area contributed by atoms with Crippen molar-refractivity contribution in [1.29, 1.82) is 0 Å². The zero-order valence-electron chi connectivity index (χ0n) is 6.65. The number of thiophene rings is 1. The first-order valence-electron chi connectivity index (χ1n) is 3.39. The van der Waals surface area contributed by atoms with Crippen LogP contribution < -0.4 is 11.5 Å². The molecule has 1 aromatic heterocycles. The average Bonchev–Trinajstić information content (AvgIpc) is 2.48. The van der Waals surface area contributed by atoms with Crippen molar-refractivity contribution in [3.8, 4) is 0 Å². The molecule has 1 rings (SSSR count). The SMILES string of the molecule is NC(=O)OCc1cc(C(N)=O)cs1. The van der Waals surface area contributed by atoms with Gasteiger partial charge in [-0.15, -0.1) is 11.3 Å². The monoisotopic (exact) mass is 200 g/mol. The molecule has 0 aliphatic rings. The highest BCUT2D eigenvalue weighted by Crippen LogP contribution is 2.14. The van der Waals surface area contributed by atoms with Crippen molar-refractivity contribution in [3.63, 3.8) is 0 Å². The van der Waals surface area contributed by atoms with Gasteiger partial charge < -0.3 is 16.2 Å².